The number of hydrogen-bond acceptors (Lipinski definition) is 5. The molecule has 104 valence electrons. The van der Waals surface area contributed by atoms with Gasteiger partial charge in [0.2, 0.25) is 5.89 Å². The van der Waals surface area contributed by atoms with Crippen molar-refractivity contribution in [2.24, 2.45) is 11.7 Å². The van der Waals surface area contributed by atoms with Crippen LogP contribution >= 0.6 is 0 Å². The molecule has 1 atom stereocenters. The maximum absolute atomic E-state index is 11.8. The molecular weight excluding hydrogens is 244 g/mol. The molecule has 0 spiro atoms. The lowest BCUT2D eigenvalue weighted by atomic mass is 9.96. The van der Waals surface area contributed by atoms with Gasteiger partial charge in [-0.15, -0.1) is 0 Å². The van der Waals surface area contributed by atoms with Crippen molar-refractivity contribution in [2.75, 3.05) is 19.8 Å². The molecule has 1 unspecified atom stereocenters. The lowest BCUT2D eigenvalue weighted by molar-refractivity contribution is 0.0182. The minimum atomic E-state index is -2.45. The lowest BCUT2D eigenvalue weighted by Gasteiger charge is -2.13. The third kappa shape index (κ3) is 4.66. The number of halogens is 2. The zero-order valence-electron chi connectivity index (χ0n) is 10.6. The van der Waals surface area contributed by atoms with Crippen molar-refractivity contribution in [1.82, 2.24) is 10.1 Å². The van der Waals surface area contributed by atoms with Crippen molar-refractivity contribution in [1.29, 1.82) is 0 Å². The Morgan fingerprint density at radius 1 is 1.39 bits per heavy atom. The van der Waals surface area contributed by atoms with Crippen LogP contribution in [0.5, 0.6) is 0 Å². The molecule has 1 aromatic rings. The largest absolute Gasteiger partial charge is 0.375 e. The molecule has 0 aliphatic heterocycles. The molecule has 0 saturated heterocycles. The Hall–Kier alpha value is -1.08. The van der Waals surface area contributed by atoms with Crippen molar-refractivity contribution in [3.63, 3.8) is 0 Å². The number of nitrogens with zero attached hydrogens (tertiary/aromatic N) is 2. The standard InChI is InChI=1S/C11H19F2N3O2/c1-7(2)8(5-14)11-15-10(16-18-11)3-4-17-6-9(12)13/h7-9H,3-6,14H2,1-2H3. The van der Waals surface area contributed by atoms with Gasteiger partial charge >= 0.3 is 0 Å². The number of rotatable bonds is 8. The normalized spacial score (nSPS) is 13.5. The predicted octanol–water partition coefficient (Wildman–Crippen LogP) is 1.59. The van der Waals surface area contributed by atoms with Crippen LogP contribution in [0, 0.1) is 5.92 Å². The molecule has 0 aliphatic carbocycles. The summed E-state index contributed by atoms with van der Waals surface area (Å²) in [5.74, 6) is 1.28. The Kier molecular flexibility index (Phi) is 6.14. The van der Waals surface area contributed by atoms with Gasteiger partial charge < -0.3 is 15.0 Å². The second-order valence-corrected chi connectivity index (χ2v) is 4.35. The molecule has 0 bridgehead atoms. The minimum Gasteiger partial charge on any atom is -0.375 e. The Labute approximate surface area is 105 Å². The van der Waals surface area contributed by atoms with E-state index < -0.39 is 13.0 Å². The molecule has 18 heavy (non-hydrogen) atoms. The second-order valence-electron chi connectivity index (χ2n) is 4.35. The Morgan fingerprint density at radius 3 is 2.67 bits per heavy atom. The molecule has 5 nitrogen and oxygen atoms in total. The molecule has 1 rings (SSSR count). The number of hydrogen-bond donors (Lipinski definition) is 1. The minimum absolute atomic E-state index is 0.0215. The van der Waals surface area contributed by atoms with Gasteiger partial charge in [0.25, 0.3) is 6.43 Å². The van der Waals surface area contributed by atoms with Gasteiger partial charge in [-0.1, -0.05) is 19.0 Å². The Bertz CT molecular complexity index is 345. The number of ether oxygens (including phenoxy) is 1. The van der Waals surface area contributed by atoms with Crippen molar-refractivity contribution >= 4 is 0 Å². The van der Waals surface area contributed by atoms with Crippen LogP contribution in [0.3, 0.4) is 0 Å². The fourth-order valence-corrected chi connectivity index (χ4v) is 1.51. The van der Waals surface area contributed by atoms with Gasteiger partial charge in [0.05, 0.1) is 12.5 Å². The highest BCUT2D eigenvalue weighted by atomic mass is 19.3. The van der Waals surface area contributed by atoms with Gasteiger partial charge in [0.15, 0.2) is 5.82 Å². The fourth-order valence-electron chi connectivity index (χ4n) is 1.51. The number of aromatic nitrogens is 2. The smallest absolute Gasteiger partial charge is 0.261 e. The van der Waals surface area contributed by atoms with Crippen LogP contribution in [-0.4, -0.2) is 36.3 Å². The van der Waals surface area contributed by atoms with Gasteiger partial charge in [-0.05, 0) is 5.92 Å². The third-order valence-corrected chi connectivity index (χ3v) is 2.57. The summed E-state index contributed by atoms with van der Waals surface area (Å²) >= 11 is 0. The van der Waals surface area contributed by atoms with E-state index >= 15 is 0 Å². The summed E-state index contributed by atoms with van der Waals surface area (Å²) in [6.07, 6.45) is -2.10. The van der Waals surface area contributed by atoms with Crippen LogP contribution in [0.2, 0.25) is 0 Å². The highest BCUT2D eigenvalue weighted by Gasteiger charge is 2.20. The van der Waals surface area contributed by atoms with E-state index in [2.05, 4.69) is 10.1 Å². The number of alkyl halides is 2. The van der Waals surface area contributed by atoms with Crippen LogP contribution in [0.15, 0.2) is 4.52 Å². The first kappa shape index (κ1) is 15.0. The zero-order chi connectivity index (χ0) is 13.5. The molecule has 0 aliphatic rings. The maximum atomic E-state index is 11.8. The summed E-state index contributed by atoms with van der Waals surface area (Å²) in [6, 6.07) is 0. The summed E-state index contributed by atoms with van der Waals surface area (Å²) in [5.41, 5.74) is 5.63. The second kappa shape index (κ2) is 7.38. The van der Waals surface area contributed by atoms with Gasteiger partial charge in [-0.2, -0.15) is 4.98 Å². The molecule has 1 heterocycles. The van der Waals surface area contributed by atoms with E-state index in [4.69, 9.17) is 15.0 Å². The molecule has 7 heteroatoms. The van der Waals surface area contributed by atoms with E-state index in [1.54, 1.807) is 0 Å². The molecule has 0 saturated carbocycles. The fraction of sp³-hybridized carbons (Fsp3) is 0.818. The van der Waals surface area contributed by atoms with E-state index in [-0.39, 0.29) is 12.5 Å². The van der Waals surface area contributed by atoms with E-state index in [9.17, 15) is 8.78 Å². The van der Waals surface area contributed by atoms with Crippen molar-refractivity contribution in [3.8, 4) is 0 Å². The lowest BCUT2D eigenvalue weighted by Crippen LogP contribution is -2.18. The van der Waals surface area contributed by atoms with Crippen molar-refractivity contribution in [2.45, 2.75) is 32.6 Å². The first-order chi connectivity index (χ1) is 8.54. The zero-order valence-corrected chi connectivity index (χ0v) is 10.6. The predicted molar refractivity (Wildman–Crippen MR) is 61.5 cm³/mol. The SMILES string of the molecule is CC(C)C(CN)c1nc(CCOCC(F)F)no1. The average Bonchev–Trinajstić information content (AvgIpc) is 2.73. The van der Waals surface area contributed by atoms with Gasteiger partial charge in [0, 0.05) is 13.0 Å². The van der Waals surface area contributed by atoms with Crippen molar-refractivity contribution < 1.29 is 18.0 Å². The molecular formula is C11H19F2N3O2. The van der Waals surface area contributed by atoms with E-state index in [0.29, 0.717) is 30.6 Å². The third-order valence-electron chi connectivity index (χ3n) is 2.57. The number of nitrogens with two attached hydrogens (primary N) is 1. The molecule has 0 radical (unpaired) electrons. The first-order valence-corrected chi connectivity index (χ1v) is 5.93. The summed E-state index contributed by atoms with van der Waals surface area (Å²) in [5, 5.41) is 3.77. The van der Waals surface area contributed by atoms with Crippen LogP contribution in [0.1, 0.15) is 31.5 Å². The Balaban J connectivity index is 2.43. The molecule has 0 fully saturated rings. The molecule has 0 amide bonds. The van der Waals surface area contributed by atoms with Crippen LogP contribution in [-0.2, 0) is 11.2 Å². The topological polar surface area (TPSA) is 74.2 Å². The maximum Gasteiger partial charge on any atom is 0.261 e. The summed E-state index contributed by atoms with van der Waals surface area (Å²) in [7, 11) is 0. The Morgan fingerprint density at radius 2 is 2.11 bits per heavy atom. The van der Waals surface area contributed by atoms with E-state index in [1.165, 1.54) is 0 Å². The van der Waals surface area contributed by atoms with Crippen LogP contribution in [0.25, 0.3) is 0 Å². The average molecular weight is 263 g/mol. The van der Waals surface area contributed by atoms with Crippen LogP contribution < -0.4 is 5.73 Å². The van der Waals surface area contributed by atoms with Gasteiger partial charge in [-0.25, -0.2) is 8.78 Å². The summed E-state index contributed by atoms with van der Waals surface area (Å²) < 4.78 is 33.5. The molecule has 2 N–H and O–H groups in total. The molecule has 0 aromatic carbocycles. The summed E-state index contributed by atoms with van der Waals surface area (Å²) in [4.78, 5) is 4.19. The quantitative estimate of drug-likeness (QED) is 0.721. The monoisotopic (exact) mass is 263 g/mol. The molecule has 1 aromatic heterocycles. The highest BCUT2D eigenvalue weighted by molar-refractivity contribution is 4.96. The van der Waals surface area contributed by atoms with E-state index in [0.717, 1.165) is 0 Å². The van der Waals surface area contributed by atoms with Gasteiger partial charge in [-0.3, -0.25) is 0 Å². The summed E-state index contributed by atoms with van der Waals surface area (Å²) in [6.45, 7) is 4.06. The van der Waals surface area contributed by atoms with Gasteiger partial charge in [0.1, 0.15) is 6.61 Å². The highest BCUT2D eigenvalue weighted by Crippen LogP contribution is 2.21. The van der Waals surface area contributed by atoms with Crippen LogP contribution in [0.4, 0.5) is 8.78 Å². The van der Waals surface area contributed by atoms with E-state index in [1.807, 2.05) is 13.8 Å². The van der Waals surface area contributed by atoms with Crippen molar-refractivity contribution in [3.05, 3.63) is 11.7 Å². The first-order valence-electron chi connectivity index (χ1n) is 5.93.